The molecular formula is C17H12Cl2N2O2S. The van der Waals surface area contributed by atoms with Crippen LogP contribution in [0.4, 0.5) is 10.8 Å². The largest absolute Gasteiger partial charge is 0.481 e. The van der Waals surface area contributed by atoms with Crippen molar-refractivity contribution in [2.45, 2.75) is 6.42 Å². The lowest BCUT2D eigenvalue weighted by atomic mass is 10.1. The Morgan fingerprint density at radius 1 is 1.12 bits per heavy atom. The first-order chi connectivity index (χ1) is 11.5. The Morgan fingerprint density at radius 2 is 1.88 bits per heavy atom. The van der Waals surface area contributed by atoms with Crippen LogP contribution in [0.3, 0.4) is 0 Å². The van der Waals surface area contributed by atoms with Gasteiger partial charge in [0.1, 0.15) is 0 Å². The molecule has 0 aliphatic carbocycles. The number of aromatic nitrogens is 1. The van der Waals surface area contributed by atoms with Crippen molar-refractivity contribution < 1.29 is 9.90 Å². The number of carboxylic acid groups (broad SMARTS) is 1. The van der Waals surface area contributed by atoms with Gasteiger partial charge in [-0.25, -0.2) is 4.98 Å². The number of rotatable bonds is 5. The summed E-state index contributed by atoms with van der Waals surface area (Å²) in [4.78, 5) is 16.4. The molecule has 0 fully saturated rings. The van der Waals surface area contributed by atoms with Crippen LogP contribution in [0.5, 0.6) is 0 Å². The van der Waals surface area contributed by atoms with Crippen LogP contribution in [0.15, 0.2) is 48.5 Å². The first kappa shape index (κ1) is 16.8. The molecule has 1 aromatic heterocycles. The number of benzene rings is 2. The summed E-state index contributed by atoms with van der Waals surface area (Å²) in [5.74, 6) is -0.900. The molecule has 0 bridgehead atoms. The van der Waals surface area contributed by atoms with Gasteiger partial charge in [0.05, 0.1) is 12.1 Å². The molecule has 4 nitrogen and oxygen atoms in total. The Morgan fingerprint density at radius 3 is 2.54 bits per heavy atom. The van der Waals surface area contributed by atoms with Crippen LogP contribution in [0.2, 0.25) is 10.0 Å². The van der Waals surface area contributed by atoms with Gasteiger partial charge < -0.3 is 10.4 Å². The molecule has 3 aromatic rings. The topological polar surface area (TPSA) is 62.2 Å². The van der Waals surface area contributed by atoms with Gasteiger partial charge >= 0.3 is 5.97 Å². The van der Waals surface area contributed by atoms with Gasteiger partial charge in [0.2, 0.25) is 0 Å². The highest BCUT2D eigenvalue weighted by molar-refractivity contribution is 7.16. The summed E-state index contributed by atoms with van der Waals surface area (Å²) >= 11 is 13.2. The Kier molecular flexibility index (Phi) is 5.04. The molecule has 0 saturated heterocycles. The number of aliphatic carboxylic acids is 1. The number of halogens is 2. The number of hydrogen-bond donors (Lipinski definition) is 2. The van der Waals surface area contributed by atoms with Crippen LogP contribution < -0.4 is 5.32 Å². The van der Waals surface area contributed by atoms with Crippen LogP contribution in [0.1, 0.15) is 4.88 Å². The second-order valence-electron chi connectivity index (χ2n) is 5.00. The molecule has 0 amide bonds. The van der Waals surface area contributed by atoms with Crippen molar-refractivity contribution >= 4 is 51.3 Å². The summed E-state index contributed by atoms with van der Waals surface area (Å²) in [6.07, 6.45) is -0.0904. The molecule has 0 saturated carbocycles. The quantitative estimate of drug-likeness (QED) is 0.616. The Labute approximate surface area is 152 Å². The summed E-state index contributed by atoms with van der Waals surface area (Å²) in [6, 6.07) is 14.4. The third kappa shape index (κ3) is 4.06. The van der Waals surface area contributed by atoms with E-state index in [4.69, 9.17) is 28.3 Å². The van der Waals surface area contributed by atoms with Crippen LogP contribution in [-0.2, 0) is 11.2 Å². The smallest absolute Gasteiger partial charge is 0.308 e. The average molecular weight is 379 g/mol. The fourth-order valence-electron chi connectivity index (χ4n) is 2.19. The van der Waals surface area contributed by atoms with Crippen molar-refractivity contribution in [2.24, 2.45) is 0 Å². The fourth-order valence-corrected chi connectivity index (χ4v) is 3.50. The van der Waals surface area contributed by atoms with Crippen molar-refractivity contribution in [1.82, 2.24) is 4.98 Å². The Bertz CT molecular complexity index is 879. The van der Waals surface area contributed by atoms with Gasteiger partial charge in [0.15, 0.2) is 5.13 Å². The molecule has 0 spiro atoms. The SMILES string of the molecule is O=C(O)Cc1sc(Nc2cccc(Cl)c2)nc1-c1ccc(Cl)cc1. The van der Waals surface area contributed by atoms with Gasteiger partial charge in [0, 0.05) is 26.2 Å². The summed E-state index contributed by atoms with van der Waals surface area (Å²) < 4.78 is 0. The lowest BCUT2D eigenvalue weighted by Gasteiger charge is -2.02. The van der Waals surface area contributed by atoms with E-state index in [1.165, 1.54) is 11.3 Å². The number of carbonyl (C=O) groups is 1. The molecule has 3 rings (SSSR count). The number of thiazole rings is 1. The average Bonchev–Trinajstić information content (AvgIpc) is 2.89. The van der Waals surface area contributed by atoms with Gasteiger partial charge in [-0.05, 0) is 30.3 Å². The highest BCUT2D eigenvalue weighted by Gasteiger charge is 2.16. The number of anilines is 2. The van der Waals surface area contributed by atoms with E-state index < -0.39 is 5.97 Å². The number of nitrogens with zero attached hydrogens (tertiary/aromatic N) is 1. The fraction of sp³-hybridized carbons (Fsp3) is 0.0588. The van der Waals surface area contributed by atoms with E-state index in [-0.39, 0.29) is 6.42 Å². The Hall–Kier alpha value is -2.08. The minimum Gasteiger partial charge on any atom is -0.481 e. The summed E-state index contributed by atoms with van der Waals surface area (Å²) in [5, 5.41) is 14.1. The second kappa shape index (κ2) is 7.21. The van der Waals surface area contributed by atoms with E-state index in [1.807, 2.05) is 24.3 Å². The number of nitrogens with one attached hydrogen (secondary N) is 1. The highest BCUT2D eigenvalue weighted by Crippen LogP contribution is 2.34. The van der Waals surface area contributed by atoms with E-state index in [0.29, 0.717) is 25.7 Å². The molecule has 1 heterocycles. The van der Waals surface area contributed by atoms with Gasteiger partial charge in [-0.2, -0.15) is 0 Å². The van der Waals surface area contributed by atoms with Crippen molar-refractivity contribution in [3.05, 3.63) is 63.5 Å². The zero-order chi connectivity index (χ0) is 17.1. The van der Waals surface area contributed by atoms with Crippen LogP contribution in [0.25, 0.3) is 11.3 Å². The second-order valence-corrected chi connectivity index (χ2v) is 6.96. The minimum atomic E-state index is -0.900. The predicted molar refractivity (Wildman–Crippen MR) is 98.6 cm³/mol. The molecule has 0 aliphatic rings. The third-order valence-corrected chi connectivity index (χ3v) is 4.66. The van der Waals surface area contributed by atoms with E-state index >= 15 is 0 Å². The van der Waals surface area contributed by atoms with Crippen molar-refractivity contribution in [2.75, 3.05) is 5.32 Å². The van der Waals surface area contributed by atoms with Crippen LogP contribution in [0, 0.1) is 0 Å². The van der Waals surface area contributed by atoms with Crippen molar-refractivity contribution in [3.8, 4) is 11.3 Å². The monoisotopic (exact) mass is 378 g/mol. The summed E-state index contributed by atoms with van der Waals surface area (Å²) in [5.41, 5.74) is 2.26. The molecule has 2 aromatic carbocycles. The van der Waals surface area contributed by atoms with E-state index in [2.05, 4.69) is 10.3 Å². The Balaban J connectivity index is 1.96. The molecule has 2 N–H and O–H groups in total. The lowest BCUT2D eigenvalue weighted by Crippen LogP contribution is -1.99. The van der Waals surface area contributed by atoms with E-state index in [0.717, 1.165) is 11.3 Å². The molecule has 24 heavy (non-hydrogen) atoms. The molecule has 7 heteroatoms. The minimum absolute atomic E-state index is 0.0904. The van der Waals surface area contributed by atoms with Crippen molar-refractivity contribution in [3.63, 3.8) is 0 Å². The molecule has 122 valence electrons. The first-order valence-electron chi connectivity index (χ1n) is 7.01. The molecule has 0 radical (unpaired) electrons. The van der Waals surface area contributed by atoms with Gasteiger partial charge in [0.25, 0.3) is 0 Å². The van der Waals surface area contributed by atoms with E-state index in [9.17, 15) is 4.79 Å². The lowest BCUT2D eigenvalue weighted by molar-refractivity contribution is -0.136. The summed E-state index contributed by atoms with van der Waals surface area (Å²) in [7, 11) is 0. The van der Waals surface area contributed by atoms with Crippen molar-refractivity contribution in [1.29, 1.82) is 0 Å². The maximum atomic E-state index is 11.1. The molecular weight excluding hydrogens is 367 g/mol. The summed E-state index contributed by atoms with van der Waals surface area (Å²) in [6.45, 7) is 0. The third-order valence-electron chi connectivity index (χ3n) is 3.20. The highest BCUT2D eigenvalue weighted by atomic mass is 35.5. The molecule has 0 aliphatic heterocycles. The van der Waals surface area contributed by atoms with Crippen LogP contribution in [-0.4, -0.2) is 16.1 Å². The number of hydrogen-bond acceptors (Lipinski definition) is 4. The molecule has 0 atom stereocenters. The zero-order valence-electron chi connectivity index (χ0n) is 12.3. The predicted octanol–water partition coefficient (Wildman–Crippen LogP) is 5.49. The standard InChI is InChI=1S/C17H12Cl2N2O2S/c18-11-6-4-10(5-7-11)16-14(9-15(22)23)24-17(21-16)20-13-3-1-2-12(19)8-13/h1-8H,9H2,(H,20,21)(H,22,23). The number of carboxylic acids is 1. The van der Waals surface area contributed by atoms with Crippen LogP contribution >= 0.6 is 34.5 Å². The molecule has 0 unspecified atom stereocenters. The van der Waals surface area contributed by atoms with Gasteiger partial charge in [-0.3, -0.25) is 4.79 Å². The van der Waals surface area contributed by atoms with E-state index in [1.54, 1.807) is 24.3 Å². The maximum Gasteiger partial charge on any atom is 0.308 e. The maximum absolute atomic E-state index is 11.1. The van der Waals surface area contributed by atoms with Gasteiger partial charge in [-0.1, -0.05) is 41.4 Å². The zero-order valence-corrected chi connectivity index (χ0v) is 14.6. The van der Waals surface area contributed by atoms with Gasteiger partial charge in [-0.15, -0.1) is 11.3 Å². The normalized spacial score (nSPS) is 10.6. The first-order valence-corrected chi connectivity index (χ1v) is 8.58.